The summed E-state index contributed by atoms with van der Waals surface area (Å²) in [5.41, 5.74) is 0. The molecule has 0 aromatic rings. The van der Waals surface area contributed by atoms with Gasteiger partial charge in [0, 0.05) is 0 Å². The minimum Gasteiger partial charge on any atom is -0.0654 e. The van der Waals surface area contributed by atoms with Crippen LogP contribution in [-0.4, -0.2) is 15.0 Å². The van der Waals surface area contributed by atoms with Crippen molar-refractivity contribution in [1.82, 2.24) is 0 Å². The summed E-state index contributed by atoms with van der Waals surface area (Å²) in [5, 5.41) is 3.12. The van der Waals surface area contributed by atoms with Crippen LogP contribution in [0.5, 0.6) is 0 Å². The van der Waals surface area contributed by atoms with E-state index in [0.29, 0.717) is 0 Å². The number of unbranched alkanes of at least 4 members (excludes halogenated alkanes) is 34. The molecule has 0 fully saturated rings. The quantitative estimate of drug-likeness (QED) is 0.0465. The van der Waals surface area contributed by atoms with Gasteiger partial charge < -0.3 is 0 Å². The first kappa shape index (κ1) is 41.5. The molecule has 0 atom stereocenters. The number of hydrogen-bond acceptors (Lipinski definition) is 0. The zero-order valence-corrected chi connectivity index (χ0v) is 31.0. The summed E-state index contributed by atoms with van der Waals surface area (Å²) in [6.07, 6.45) is 53.6. The van der Waals surface area contributed by atoms with E-state index in [9.17, 15) is 0 Å². The summed E-state index contributed by atoms with van der Waals surface area (Å²) in [5.74, 6) is 0. The molecule has 0 aliphatic carbocycles. The van der Waals surface area contributed by atoms with E-state index in [4.69, 9.17) is 0 Å². The van der Waals surface area contributed by atoms with Crippen LogP contribution in [-0.2, 0) is 0 Å². The molecule has 0 rings (SSSR count). The second-order valence-electron chi connectivity index (χ2n) is 13.6. The van der Waals surface area contributed by atoms with Crippen LogP contribution in [0.4, 0.5) is 0 Å². The fourth-order valence-corrected chi connectivity index (χ4v) is 8.45. The van der Waals surface area contributed by atoms with Crippen LogP contribution in [0.1, 0.15) is 245 Å². The standard InChI is InChI=1S/C40H82Se/c1-3-5-7-9-11-13-15-17-19-21-23-25-27-29-31-33-35-37-39-41-40-38-36-34-32-30-28-26-24-22-20-18-16-14-12-10-8-6-4-2/h3-40H2,1-2H3. The van der Waals surface area contributed by atoms with E-state index in [-0.39, 0.29) is 0 Å². The summed E-state index contributed by atoms with van der Waals surface area (Å²) in [6.45, 7) is 4.62. The monoisotopic (exact) mass is 643 g/mol. The average molecular weight is 642 g/mol. The van der Waals surface area contributed by atoms with Crippen LogP contribution >= 0.6 is 0 Å². The van der Waals surface area contributed by atoms with E-state index >= 15 is 0 Å². The van der Waals surface area contributed by atoms with E-state index in [2.05, 4.69) is 13.8 Å². The molecule has 41 heavy (non-hydrogen) atoms. The molecule has 0 amide bonds. The Kier molecular flexibility index (Phi) is 41.0. The molecule has 0 aliphatic heterocycles. The van der Waals surface area contributed by atoms with Crippen molar-refractivity contribution >= 4 is 15.0 Å². The van der Waals surface area contributed by atoms with E-state index < -0.39 is 0 Å². The summed E-state index contributed by atoms with van der Waals surface area (Å²) < 4.78 is 0. The molecule has 0 aromatic heterocycles. The number of rotatable bonds is 38. The first-order valence-corrected chi connectivity index (χ1v) is 22.4. The molecule has 1 heteroatoms. The van der Waals surface area contributed by atoms with Gasteiger partial charge >= 0.3 is 167 Å². The molecule has 0 N–H and O–H groups in total. The predicted molar refractivity (Wildman–Crippen MR) is 193 cm³/mol. The van der Waals surface area contributed by atoms with Crippen molar-refractivity contribution in [3.05, 3.63) is 0 Å². The van der Waals surface area contributed by atoms with E-state index in [0.717, 1.165) is 15.0 Å². The summed E-state index contributed by atoms with van der Waals surface area (Å²) in [7, 11) is 0. The molecule has 0 aliphatic rings. The molecule has 248 valence electrons. The van der Waals surface area contributed by atoms with Gasteiger partial charge in [0.15, 0.2) is 0 Å². The van der Waals surface area contributed by atoms with Crippen molar-refractivity contribution < 1.29 is 0 Å². The van der Waals surface area contributed by atoms with Crippen molar-refractivity contribution in [3.8, 4) is 0 Å². The molecular formula is C40H82Se. The SMILES string of the molecule is CCCCCCCCCCCCCCCCCCCC[Se]CCCCCCCCCCCCCCCCCCCC. The van der Waals surface area contributed by atoms with Crippen LogP contribution in [0.2, 0.25) is 10.6 Å². The Bertz CT molecular complexity index is 381. The second-order valence-corrected chi connectivity index (χ2v) is 16.2. The Hall–Kier alpha value is 0.519. The fraction of sp³-hybridized carbons (Fsp3) is 1.00. The molecule has 0 saturated heterocycles. The van der Waals surface area contributed by atoms with Crippen molar-refractivity contribution in [2.45, 2.75) is 256 Å². The Labute approximate surface area is 269 Å². The second kappa shape index (κ2) is 40.5. The topological polar surface area (TPSA) is 0 Å². The smallest absolute Gasteiger partial charge is 0.0654 e. The minimum absolute atomic E-state index is 0.949. The molecule has 0 radical (unpaired) electrons. The predicted octanol–water partition coefficient (Wildman–Crippen LogP) is 15.6. The maximum atomic E-state index is 2.31. The average Bonchev–Trinajstić information content (AvgIpc) is 2.98. The van der Waals surface area contributed by atoms with Gasteiger partial charge in [-0.15, -0.1) is 0 Å². The molecule has 0 spiro atoms. The molecule has 0 nitrogen and oxygen atoms in total. The minimum atomic E-state index is 0.949. The van der Waals surface area contributed by atoms with Crippen LogP contribution in [0.3, 0.4) is 0 Å². The first-order chi connectivity index (χ1) is 20.4. The van der Waals surface area contributed by atoms with Crippen LogP contribution in [0, 0.1) is 0 Å². The van der Waals surface area contributed by atoms with Gasteiger partial charge in [0.2, 0.25) is 0 Å². The van der Waals surface area contributed by atoms with Crippen LogP contribution in [0.25, 0.3) is 0 Å². The Morgan fingerprint density at radius 2 is 0.341 bits per heavy atom. The van der Waals surface area contributed by atoms with Crippen molar-refractivity contribution in [2.75, 3.05) is 0 Å². The third-order valence-electron chi connectivity index (χ3n) is 9.28. The molecule has 0 saturated carbocycles. The van der Waals surface area contributed by atoms with Crippen molar-refractivity contribution in [3.63, 3.8) is 0 Å². The summed E-state index contributed by atoms with van der Waals surface area (Å²) >= 11 is 0.949. The molecule has 0 heterocycles. The normalized spacial score (nSPS) is 11.6. The van der Waals surface area contributed by atoms with Gasteiger partial charge in [-0.2, -0.15) is 0 Å². The van der Waals surface area contributed by atoms with E-state index in [1.807, 2.05) is 0 Å². The zero-order valence-electron chi connectivity index (χ0n) is 29.3. The van der Waals surface area contributed by atoms with Gasteiger partial charge in [-0.05, 0) is 0 Å². The molecule has 0 aromatic carbocycles. The van der Waals surface area contributed by atoms with Gasteiger partial charge in [0.05, 0.1) is 0 Å². The van der Waals surface area contributed by atoms with Crippen LogP contribution < -0.4 is 0 Å². The fourth-order valence-electron chi connectivity index (χ4n) is 6.31. The molecule has 0 unspecified atom stereocenters. The van der Waals surface area contributed by atoms with Crippen molar-refractivity contribution in [2.24, 2.45) is 0 Å². The number of hydrogen-bond donors (Lipinski definition) is 0. The summed E-state index contributed by atoms with van der Waals surface area (Å²) in [6, 6.07) is 0. The molecular weight excluding hydrogens is 559 g/mol. The van der Waals surface area contributed by atoms with Crippen molar-refractivity contribution in [1.29, 1.82) is 0 Å². The Morgan fingerprint density at radius 1 is 0.195 bits per heavy atom. The Balaban J connectivity index is 3.02. The third-order valence-corrected chi connectivity index (χ3v) is 11.7. The van der Waals surface area contributed by atoms with Gasteiger partial charge in [-0.25, -0.2) is 0 Å². The van der Waals surface area contributed by atoms with Gasteiger partial charge in [0.25, 0.3) is 0 Å². The first-order valence-electron chi connectivity index (χ1n) is 20.0. The van der Waals surface area contributed by atoms with Crippen LogP contribution in [0.15, 0.2) is 0 Å². The Morgan fingerprint density at radius 3 is 0.512 bits per heavy atom. The summed E-state index contributed by atoms with van der Waals surface area (Å²) in [4.78, 5) is 0. The molecule has 0 bridgehead atoms. The zero-order chi connectivity index (χ0) is 29.6. The van der Waals surface area contributed by atoms with Gasteiger partial charge in [-0.1, -0.05) is 104 Å². The maximum absolute atomic E-state index is 2.31. The van der Waals surface area contributed by atoms with E-state index in [1.165, 1.54) is 231 Å². The third kappa shape index (κ3) is 40.5. The van der Waals surface area contributed by atoms with E-state index in [1.54, 1.807) is 10.6 Å². The van der Waals surface area contributed by atoms with Gasteiger partial charge in [-0.3, -0.25) is 0 Å². The van der Waals surface area contributed by atoms with Gasteiger partial charge in [0.1, 0.15) is 0 Å².